The van der Waals surface area contributed by atoms with Crippen LogP contribution in [-0.4, -0.2) is 46.5 Å². The minimum absolute atomic E-state index is 0.0594. The lowest BCUT2D eigenvalue weighted by atomic mass is 10.2. The molecule has 1 amide bonds. The number of nitrogens with zero attached hydrogens (tertiary/aromatic N) is 4. The van der Waals surface area contributed by atoms with Crippen LogP contribution in [0.4, 0.5) is 11.4 Å². The molecule has 3 aromatic rings. The van der Waals surface area contributed by atoms with Gasteiger partial charge in [0.05, 0.1) is 11.5 Å². The second kappa shape index (κ2) is 8.24. The number of rotatable bonds is 5. The summed E-state index contributed by atoms with van der Waals surface area (Å²) in [6.07, 6.45) is 1.66. The fraction of sp³-hybridized carbons (Fsp3) is 0.238. The van der Waals surface area contributed by atoms with Crippen molar-refractivity contribution < 1.29 is 14.1 Å². The van der Waals surface area contributed by atoms with Crippen LogP contribution < -0.4 is 10.5 Å². The summed E-state index contributed by atoms with van der Waals surface area (Å²) in [7, 11) is 0. The van der Waals surface area contributed by atoms with Gasteiger partial charge in [0.2, 0.25) is 0 Å². The zero-order chi connectivity index (χ0) is 21.1. The van der Waals surface area contributed by atoms with E-state index in [2.05, 4.69) is 0 Å². The van der Waals surface area contributed by atoms with Crippen molar-refractivity contribution in [3.05, 3.63) is 92.8 Å². The summed E-state index contributed by atoms with van der Waals surface area (Å²) in [6.45, 7) is 2.09. The van der Waals surface area contributed by atoms with E-state index >= 15 is 0 Å². The summed E-state index contributed by atoms with van der Waals surface area (Å²) >= 11 is 0. The number of amides is 1. The van der Waals surface area contributed by atoms with Gasteiger partial charge in [-0.15, -0.1) is 0 Å². The SMILES string of the molecule is O=C(c1ccc(Cn2ccccc2=O)o1)N1CCN(c2ccccc2[N+](=O)[O-])CC1. The number of carbonyl (C=O) groups is 1. The van der Waals surface area contributed by atoms with Gasteiger partial charge in [-0.05, 0) is 24.3 Å². The number of piperazine rings is 1. The van der Waals surface area contributed by atoms with Crippen LogP contribution in [0.2, 0.25) is 0 Å². The molecule has 0 atom stereocenters. The van der Waals surface area contributed by atoms with Crippen LogP contribution >= 0.6 is 0 Å². The van der Waals surface area contributed by atoms with Gasteiger partial charge in [0.25, 0.3) is 17.2 Å². The summed E-state index contributed by atoms with van der Waals surface area (Å²) in [5.74, 6) is 0.502. The highest BCUT2D eigenvalue weighted by atomic mass is 16.6. The number of hydrogen-bond donors (Lipinski definition) is 0. The maximum Gasteiger partial charge on any atom is 0.292 e. The first kappa shape index (κ1) is 19.4. The molecule has 0 radical (unpaired) electrons. The number of anilines is 1. The monoisotopic (exact) mass is 408 g/mol. The van der Waals surface area contributed by atoms with Gasteiger partial charge in [-0.2, -0.15) is 0 Å². The molecule has 0 N–H and O–H groups in total. The molecule has 0 bridgehead atoms. The van der Waals surface area contributed by atoms with Crippen molar-refractivity contribution in [2.45, 2.75) is 6.54 Å². The van der Waals surface area contributed by atoms with Crippen LogP contribution in [0, 0.1) is 10.1 Å². The van der Waals surface area contributed by atoms with Crippen molar-refractivity contribution in [1.82, 2.24) is 9.47 Å². The fourth-order valence-corrected chi connectivity index (χ4v) is 3.53. The Balaban J connectivity index is 1.41. The summed E-state index contributed by atoms with van der Waals surface area (Å²) in [5, 5.41) is 11.3. The molecule has 1 aliphatic heterocycles. The van der Waals surface area contributed by atoms with E-state index in [1.807, 2.05) is 4.90 Å². The Bertz CT molecular complexity index is 1130. The van der Waals surface area contributed by atoms with Crippen LogP contribution in [0.15, 0.2) is 70.0 Å². The number of hydrogen-bond acceptors (Lipinski definition) is 6. The molecule has 0 unspecified atom stereocenters. The summed E-state index contributed by atoms with van der Waals surface area (Å²) < 4.78 is 7.16. The number of benzene rings is 1. The van der Waals surface area contributed by atoms with Gasteiger partial charge in [0, 0.05) is 44.5 Å². The number of pyridine rings is 1. The van der Waals surface area contributed by atoms with E-state index in [9.17, 15) is 19.7 Å². The first-order valence-electron chi connectivity index (χ1n) is 9.55. The molecule has 4 rings (SSSR count). The third-order valence-electron chi connectivity index (χ3n) is 5.08. The Labute approximate surface area is 171 Å². The van der Waals surface area contributed by atoms with Crippen molar-refractivity contribution in [1.29, 1.82) is 0 Å². The first-order valence-corrected chi connectivity index (χ1v) is 9.55. The van der Waals surface area contributed by atoms with Crippen LogP contribution in [0.25, 0.3) is 0 Å². The van der Waals surface area contributed by atoms with Crippen molar-refractivity contribution in [3.63, 3.8) is 0 Å². The number of furan rings is 1. The highest BCUT2D eigenvalue weighted by molar-refractivity contribution is 5.91. The summed E-state index contributed by atoms with van der Waals surface area (Å²) in [6, 6.07) is 14.8. The quantitative estimate of drug-likeness (QED) is 0.474. The van der Waals surface area contributed by atoms with E-state index in [-0.39, 0.29) is 29.5 Å². The highest BCUT2D eigenvalue weighted by Crippen LogP contribution is 2.28. The smallest absolute Gasteiger partial charge is 0.292 e. The van der Waals surface area contributed by atoms with E-state index in [1.54, 1.807) is 53.6 Å². The second-order valence-electron chi connectivity index (χ2n) is 6.96. The number of nitro benzene ring substituents is 1. The van der Waals surface area contributed by atoms with Crippen molar-refractivity contribution in [2.75, 3.05) is 31.1 Å². The third kappa shape index (κ3) is 3.95. The van der Waals surface area contributed by atoms with Gasteiger partial charge in [-0.3, -0.25) is 19.7 Å². The Morgan fingerprint density at radius 3 is 2.47 bits per heavy atom. The number of para-hydroxylation sites is 2. The van der Waals surface area contributed by atoms with Gasteiger partial charge in [0.15, 0.2) is 5.76 Å². The Hall–Kier alpha value is -3.88. The Kier molecular flexibility index (Phi) is 5.34. The largest absolute Gasteiger partial charge is 0.454 e. The first-order chi connectivity index (χ1) is 14.5. The Morgan fingerprint density at radius 1 is 1.00 bits per heavy atom. The summed E-state index contributed by atoms with van der Waals surface area (Å²) in [5.41, 5.74) is 0.472. The molecule has 1 aromatic carbocycles. The lowest BCUT2D eigenvalue weighted by Gasteiger charge is -2.35. The lowest BCUT2D eigenvalue weighted by Crippen LogP contribution is -2.48. The molecule has 1 fully saturated rings. The molecule has 1 aliphatic rings. The molecular formula is C21H20N4O5. The molecule has 1 saturated heterocycles. The van der Waals surface area contributed by atoms with Crippen LogP contribution in [0.3, 0.4) is 0 Å². The molecule has 0 saturated carbocycles. The standard InChI is InChI=1S/C21H20N4O5/c26-20-7-3-4-10-24(20)15-16-8-9-19(30-16)21(27)23-13-11-22(12-14-23)17-5-1-2-6-18(17)25(28)29/h1-10H,11-15H2. The fourth-order valence-electron chi connectivity index (χ4n) is 3.53. The van der Waals surface area contributed by atoms with E-state index in [0.29, 0.717) is 37.6 Å². The Morgan fingerprint density at radius 2 is 1.73 bits per heavy atom. The van der Waals surface area contributed by atoms with Gasteiger partial charge >= 0.3 is 0 Å². The van der Waals surface area contributed by atoms with Crippen LogP contribution in [0.5, 0.6) is 0 Å². The van der Waals surface area contributed by atoms with E-state index in [4.69, 9.17) is 4.42 Å². The number of aromatic nitrogens is 1. The molecular weight excluding hydrogens is 388 g/mol. The maximum atomic E-state index is 12.8. The molecule has 3 heterocycles. The van der Waals surface area contributed by atoms with E-state index in [1.165, 1.54) is 16.7 Å². The minimum atomic E-state index is -0.394. The molecule has 0 spiro atoms. The highest BCUT2D eigenvalue weighted by Gasteiger charge is 2.27. The topological polar surface area (TPSA) is 102 Å². The van der Waals surface area contributed by atoms with Crippen molar-refractivity contribution in [2.24, 2.45) is 0 Å². The molecule has 154 valence electrons. The van der Waals surface area contributed by atoms with Crippen molar-refractivity contribution in [3.8, 4) is 0 Å². The van der Waals surface area contributed by atoms with E-state index in [0.717, 1.165) is 0 Å². The number of nitro groups is 1. The molecule has 9 heteroatoms. The van der Waals surface area contributed by atoms with Gasteiger partial charge < -0.3 is 18.8 Å². The molecule has 30 heavy (non-hydrogen) atoms. The average Bonchev–Trinajstić information content (AvgIpc) is 3.23. The van der Waals surface area contributed by atoms with Crippen LogP contribution in [0.1, 0.15) is 16.3 Å². The molecule has 0 aliphatic carbocycles. The molecule has 9 nitrogen and oxygen atoms in total. The van der Waals surface area contributed by atoms with Crippen LogP contribution in [-0.2, 0) is 6.54 Å². The third-order valence-corrected chi connectivity index (χ3v) is 5.08. The predicted molar refractivity (Wildman–Crippen MR) is 110 cm³/mol. The minimum Gasteiger partial charge on any atom is -0.454 e. The van der Waals surface area contributed by atoms with E-state index < -0.39 is 4.92 Å². The summed E-state index contributed by atoms with van der Waals surface area (Å²) in [4.78, 5) is 39.1. The maximum absolute atomic E-state index is 12.8. The van der Waals surface area contributed by atoms with Gasteiger partial charge in [0.1, 0.15) is 11.4 Å². The average molecular weight is 408 g/mol. The zero-order valence-electron chi connectivity index (χ0n) is 16.1. The normalized spacial score (nSPS) is 14.0. The molecule has 2 aromatic heterocycles. The zero-order valence-corrected chi connectivity index (χ0v) is 16.1. The number of carbonyl (C=O) groups excluding carboxylic acids is 1. The van der Waals surface area contributed by atoms with Gasteiger partial charge in [-0.25, -0.2) is 0 Å². The lowest BCUT2D eigenvalue weighted by molar-refractivity contribution is -0.384. The predicted octanol–water partition coefficient (Wildman–Crippen LogP) is 2.36. The second-order valence-corrected chi connectivity index (χ2v) is 6.96. The van der Waals surface area contributed by atoms with Crippen molar-refractivity contribution >= 4 is 17.3 Å². The van der Waals surface area contributed by atoms with Gasteiger partial charge in [-0.1, -0.05) is 18.2 Å².